The molecule has 1 fully saturated rings. The summed E-state index contributed by atoms with van der Waals surface area (Å²) >= 11 is 18.2. The van der Waals surface area contributed by atoms with Gasteiger partial charge in [0.1, 0.15) is 0 Å². The summed E-state index contributed by atoms with van der Waals surface area (Å²) in [5, 5.41) is 4.08. The summed E-state index contributed by atoms with van der Waals surface area (Å²) in [7, 11) is 0. The Morgan fingerprint density at radius 1 is 0.852 bits per heavy atom. The number of rotatable bonds is 3. The van der Waals surface area contributed by atoms with Crippen LogP contribution in [0, 0.1) is 0 Å². The molecule has 1 saturated heterocycles. The van der Waals surface area contributed by atoms with Crippen molar-refractivity contribution in [2.24, 2.45) is 0 Å². The van der Waals surface area contributed by atoms with E-state index in [1.165, 1.54) is 0 Å². The summed E-state index contributed by atoms with van der Waals surface area (Å²) in [6, 6.07) is 12.2. The Bertz CT molecular complexity index is 852. The Labute approximate surface area is 172 Å². The Morgan fingerprint density at radius 2 is 1.48 bits per heavy atom. The second kappa shape index (κ2) is 8.83. The van der Waals surface area contributed by atoms with E-state index in [-0.39, 0.29) is 17.0 Å². The third kappa shape index (κ3) is 4.67. The molecule has 1 heterocycles. The maximum Gasteiger partial charge on any atom is 0.317 e. The number of carbonyl (C=O) groups is 2. The second-order valence-corrected chi connectivity index (χ2v) is 7.32. The molecule has 0 radical (unpaired) electrons. The largest absolute Gasteiger partial charge is 0.335 e. The highest BCUT2D eigenvalue weighted by Crippen LogP contribution is 2.26. The van der Waals surface area contributed by atoms with Gasteiger partial charge in [0.15, 0.2) is 0 Å². The number of piperazine rings is 1. The van der Waals surface area contributed by atoms with E-state index in [4.69, 9.17) is 34.8 Å². The number of urea groups is 1. The monoisotopic (exact) mass is 425 g/mol. The molecule has 27 heavy (non-hydrogen) atoms. The first-order valence-electron chi connectivity index (χ1n) is 8.47. The average molecular weight is 427 g/mol. The maximum atomic E-state index is 12.6. The molecule has 2 aromatic carbocycles. The van der Waals surface area contributed by atoms with Crippen LogP contribution < -0.4 is 5.32 Å². The van der Waals surface area contributed by atoms with Gasteiger partial charge in [-0.25, -0.2) is 4.79 Å². The average Bonchev–Trinajstić information content (AvgIpc) is 2.69. The van der Waals surface area contributed by atoms with Crippen LogP contribution in [0.3, 0.4) is 0 Å². The van der Waals surface area contributed by atoms with Gasteiger partial charge in [-0.2, -0.15) is 0 Å². The molecular weight excluding hydrogens is 409 g/mol. The van der Waals surface area contributed by atoms with Crippen LogP contribution in [0.25, 0.3) is 0 Å². The predicted octanol–water partition coefficient (Wildman–Crippen LogP) is 4.31. The van der Waals surface area contributed by atoms with Crippen LogP contribution in [0.5, 0.6) is 0 Å². The molecular formula is C19H18Cl3N3O2. The normalized spacial score (nSPS) is 14.2. The summed E-state index contributed by atoms with van der Waals surface area (Å²) in [6.07, 6.45) is 0. The molecule has 5 nitrogen and oxygen atoms in total. The van der Waals surface area contributed by atoms with Gasteiger partial charge >= 0.3 is 6.03 Å². The smallest absolute Gasteiger partial charge is 0.317 e. The lowest BCUT2D eigenvalue weighted by Crippen LogP contribution is -2.53. The zero-order valence-electron chi connectivity index (χ0n) is 14.4. The third-order valence-corrected chi connectivity index (χ3v) is 5.61. The Kier molecular flexibility index (Phi) is 6.47. The van der Waals surface area contributed by atoms with Crippen molar-refractivity contribution in [2.45, 2.75) is 6.54 Å². The fourth-order valence-electron chi connectivity index (χ4n) is 2.88. The molecule has 142 valence electrons. The van der Waals surface area contributed by atoms with Gasteiger partial charge in [-0.3, -0.25) is 4.79 Å². The summed E-state index contributed by atoms with van der Waals surface area (Å²) < 4.78 is 0. The number of nitrogens with one attached hydrogen (secondary N) is 1. The molecule has 0 unspecified atom stereocenters. The topological polar surface area (TPSA) is 52.7 Å². The van der Waals surface area contributed by atoms with Gasteiger partial charge in [0, 0.05) is 37.7 Å². The van der Waals surface area contributed by atoms with Crippen molar-refractivity contribution in [3.63, 3.8) is 0 Å². The van der Waals surface area contributed by atoms with E-state index >= 15 is 0 Å². The molecule has 1 N–H and O–H groups in total. The molecule has 0 bridgehead atoms. The van der Waals surface area contributed by atoms with Crippen LogP contribution in [-0.4, -0.2) is 47.9 Å². The van der Waals surface area contributed by atoms with Crippen LogP contribution in [0.4, 0.5) is 4.79 Å². The van der Waals surface area contributed by atoms with E-state index < -0.39 is 0 Å². The Hall–Kier alpha value is -1.95. The molecule has 0 saturated carbocycles. The minimum atomic E-state index is -0.182. The highest BCUT2D eigenvalue weighted by atomic mass is 35.5. The van der Waals surface area contributed by atoms with E-state index in [0.29, 0.717) is 48.3 Å². The van der Waals surface area contributed by atoms with E-state index in [0.717, 1.165) is 5.56 Å². The molecule has 1 aliphatic heterocycles. The van der Waals surface area contributed by atoms with Crippen molar-refractivity contribution < 1.29 is 9.59 Å². The molecule has 0 spiro atoms. The van der Waals surface area contributed by atoms with Crippen LogP contribution in [0.1, 0.15) is 15.9 Å². The van der Waals surface area contributed by atoms with Crippen molar-refractivity contribution in [3.05, 3.63) is 68.7 Å². The van der Waals surface area contributed by atoms with E-state index in [1.807, 2.05) is 18.2 Å². The lowest BCUT2D eigenvalue weighted by Gasteiger charge is -2.35. The first-order chi connectivity index (χ1) is 13.0. The van der Waals surface area contributed by atoms with Crippen LogP contribution in [0.2, 0.25) is 15.1 Å². The van der Waals surface area contributed by atoms with Gasteiger partial charge in [0.25, 0.3) is 5.91 Å². The first kappa shape index (κ1) is 19.8. The van der Waals surface area contributed by atoms with Crippen molar-refractivity contribution in [1.29, 1.82) is 0 Å². The zero-order chi connectivity index (χ0) is 19.4. The molecule has 3 amide bonds. The van der Waals surface area contributed by atoms with Crippen LogP contribution >= 0.6 is 34.8 Å². The van der Waals surface area contributed by atoms with Gasteiger partial charge in [0.05, 0.1) is 15.6 Å². The highest BCUT2D eigenvalue weighted by Gasteiger charge is 2.26. The molecule has 0 aromatic heterocycles. The number of halogens is 3. The van der Waals surface area contributed by atoms with Crippen LogP contribution in [-0.2, 0) is 6.54 Å². The van der Waals surface area contributed by atoms with Crippen molar-refractivity contribution in [2.75, 3.05) is 26.2 Å². The fraction of sp³-hybridized carbons (Fsp3) is 0.263. The second-order valence-electron chi connectivity index (χ2n) is 6.13. The molecule has 0 aliphatic carbocycles. The molecule has 3 rings (SSSR count). The van der Waals surface area contributed by atoms with Crippen molar-refractivity contribution in [3.8, 4) is 0 Å². The van der Waals surface area contributed by atoms with Gasteiger partial charge < -0.3 is 15.1 Å². The molecule has 1 aliphatic rings. The maximum absolute atomic E-state index is 12.6. The van der Waals surface area contributed by atoms with Crippen molar-refractivity contribution in [1.82, 2.24) is 15.1 Å². The third-order valence-electron chi connectivity index (χ3n) is 4.42. The van der Waals surface area contributed by atoms with Gasteiger partial charge in [-0.15, -0.1) is 0 Å². The quantitative estimate of drug-likeness (QED) is 0.795. The summed E-state index contributed by atoms with van der Waals surface area (Å²) in [5.41, 5.74) is 1.23. The number of carbonyl (C=O) groups excluding carboxylic acids is 2. The fourth-order valence-corrected chi connectivity index (χ4v) is 3.46. The number of hydrogen-bond acceptors (Lipinski definition) is 2. The van der Waals surface area contributed by atoms with Gasteiger partial charge in [-0.05, 0) is 23.8 Å². The summed E-state index contributed by atoms with van der Waals surface area (Å²) in [6.45, 7) is 2.11. The van der Waals surface area contributed by atoms with Gasteiger partial charge in [0.2, 0.25) is 0 Å². The predicted molar refractivity (Wildman–Crippen MR) is 108 cm³/mol. The zero-order valence-corrected chi connectivity index (χ0v) is 16.7. The number of benzene rings is 2. The van der Waals surface area contributed by atoms with E-state index in [2.05, 4.69) is 5.32 Å². The number of nitrogens with zero attached hydrogens (tertiary/aromatic N) is 2. The summed E-state index contributed by atoms with van der Waals surface area (Å²) in [5.74, 6) is -0.182. The Balaban J connectivity index is 1.54. The highest BCUT2D eigenvalue weighted by molar-refractivity contribution is 6.43. The van der Waals surface area contributed by atoms with Crippen molar-refractivity contribution >= 4 is 46.7 Å². The Morgan fingerprint density at radius 3 is 2.19 bits per heavy atom. The van der Waals surface area contributed by atoms with E-state index in [9.17, 15) is 9.59 Å². The number of amides is 3. The molecule has 0 atom stereocenters. The van der Waals surface area contributed by atoms with E-state index in [1.54, 1.807) is 34.1 Å². The van der Waals surface area contributed by atoms with Crippen LogP contribution in [0.15, 0.2) is 42.5 Å². The lowest BCUT2D eigenvalue weighted by atomic mass is 10.2. The standard InChI is InChI=1S/C19H18Cl3N3O2/c20-15-6-2-1-4-13(15)12-23-19(27)25-10-8-24(9-11-25)18(26)14-5-3-7-16(21)17(14)22/h1-7H,8-12H2,(H,23,27). The number of hydrogen-bond donors (Lipinski definition) is 1. The molecule has 8 heteroatoms. The minimum absolute atomic E-state index is 0.178. The van der Waals surface area contributed by atoms with Gasteiger partial charge in [-0.1, -0.05) is 59.1 Å². The summed E-state index contributed by atoms with van der Waals surface area (Å²) in [4.78, 5) is 28.4. The minimum Gasteiger partial charge on any atom is -0.335 e. The first-order valence-corrected chi connectivity index (χ1v) is 9.60. The molecule has 2 aromatic rings. The SMILES string of the molecule is O=C(NCc1ccccc1Cl)N1CCN(C(=O)c2cccc(Cl)c2Cl)CC1. The lowest BCUT2D eigenvalue weighted by molar-refractivity contribution is 0.0665.